The summed E-state index contributed by atoms with van der Waals surface area (Å²) in [5.41, 5.74) is 0.454. The van der Waals surface area contributed by atoms with E-state index in [-0.39, 0.29) is 11.6 Å². The molecule has 0 aromatic carbocycles. The number of nitrogens with one attached hydrogen (secondary N) is 1. The Labute approximate surface area is 98.7 Å². The predicted molar refractivity (Wildman–Crippen MR) is 63.9 cm³/mol. The van der Waals surface area contributed by atoms with Gasteiger partial charge in [0.1, 0.15) is 11.6 Å². The van der Waals surface area contributed by atoms with Crippen LogP contribution in [-0.2, 0) is 0 Å². The van der Waals surface area contributed by atoms with Crippen LogP contribution in [0.25, 0.3) is 11.0 Å². The van der Waals surface area contributed by atoms with Gasteiger partial charge in [-0.25, -0.2) is 9.97 Å². The average molecular weight is 233 g/mol. The van der Waals surface area contributed by atoms with E-state index in [0.29, 0.717) is 12.4 Å². The average Bonchev–Trinajstić information content (AvgIpc) is 2.72. The van der Waals surface area contributed by atoms with Crippen molar-refractivity contribution >= 4 is 16.9 Å². The number of hydrogen-bond donors (Lipinski definition) is 2. The van der Waals surface area contributed by atoms with Crippen LogP contribution in [0.1, 0.15) is 19.7 Å². The summed E-state index contributed by atoms with van der Waals surface area (Å²) in [6.07, 6.45) is 1.41. The van der Waals surface area contributed by atoms with Gasteiger partial charge in [0.15, 0.2) is 5.65 Å². The predicted octanol–water partition coefficient (Wildman–Crippen LogP) is 0.621. The Balaban J connectivity index is 2.15. The van der Waals surface area contributed by atoms with E-state index >= 15 is 0 Å². The Hall–Kier alpha value is -1.69. The van der Waals surface area contributed by atoms with E-state index < -0.39 is 0 Å². The van der Waals surface area contributed by atoms with E-state index in [0.717, 1.165) is 16.9 Å². The summed E-state index contributed by atoms with van der Waals surface area (Å²) in [4.78, 5) is 10.8. The lowest BCUT2D eigenvalue weighted by Gasteiger charge is -2.53. The molecule has 1 saturated heterocycles. The van der Waals surface area contributed by atoms with Crippen LogP contribution < -0.4 is 4.90 Å². The number of aromatic amines is 1. The number of aliphatic hydroxyl groups excluding tert-OH is 1. The molecule has 0 spiro atoms. The van der Waals surface area contributed by atoms with Crippen molar-refractivity contribution in [2.75, 3.05) is 11.4 Å². The van der Waals surface area contributed by atoms with Crippen LogP contribution >= 0.6 is 0 Å². The number of H-pyrrole nitrogens is 1. The Morgan fingerprint density at radius 3 is 2.88 bits per heavy atom. The number of aliphatic hydroxyl groups is 1. The molecule has 0 amide bonds. The van der Waals surface area contributed by atoms with Crippen LogP contribution in [0.15, 0.2) is 6.20 Å². The van der Waals surface area contributed by atoms with Gasteiger partial charge in [-0.2, -0.15) is 5.10 Å². The maximum absolute atomic E-state index is 9.79. The zero-order valence-electron chi connectivity index (χ0n) is 10.1. The molecule has 2 aromatic heterocycles. The fraction of sp³-hybridized carbons (Fsp3) is 0.545. The number of aryl methyl sites for hydroxylation is 1. The molecule has 0 aliphatic carbocycles. The van der Waals surface area contributed by atoms with E-state index in [4.69, 9.17) is 0 Å². The molecule has 3 heterocycles. The van der Waals surface area contributed by atoms with Crippen molar-refractivity contribution in [2.24, 2.45) is 0 Å². The summed E-state index contributed by atoms with van der Waals surface area (Å²) in [6, 6.07) is 0. The van der Waals surface area contributed by atoms with E-state index in [1.165, 1.54) is 0 Å². The number of β-amino-alcohol motifs (C(OH)–C–C–N with tert-alkyl or cyclic N) is 1. The molecule has 2 N–H and O–H groups in total. The van der Waals surface area contributed by atoms with E-state index in [1.54, 1.807) is 6.20 Å². The Bertz CT molecular complexity index is 576. The maximum atomic E-state index is 9.79. The van der Waals surface area contributed by atoms with Crippen molar-refractivity contribution in [3.8, 4) is 0 Å². The second-order valence-electron chi connectivity index (χ2n) is 5.01. The van der Waals surface area contributed by atoms with Crippen LogP contribution in [0.2, 0.25) is 0 Å². The number of nitrogens with zero attached hydrogens (tertiary/aromatic N) is 4. The van der Waals surface area contributed by atoms with Crippen molar-refractivity contribution in [2.45, 2.75) is 32.4 Å². The minimum atomic E-state index is -0.320. The molecular weight excluding hydrogens is 218 g/mol. The molecule has 3 rings (SSSR count). The molecule has 1 aliphatic rings. The zero-order valence-corrected chi connectivity index (χ0v) is 10.1. The second kappa shape index (κ2) is 3.16. The summed E-state index contributed by atoms with van der Waals surface area (Å²) in [5.74, 6) is 1.55. The van der Waals surface area contributed by atoms with Crippen molar-refractivity contribution in [1.82, 2.24) is 20.2 Å². The molecule has 1 fully saturated rings. The van der Waals surface area contributed by atoms with Crippen LogP contribution in [0.4, 0.5) is 5.82 Å². The molecule has 0 saturated carbocycles. The van der Waals surface area contributed by atoms with Gasteiger partial charge in [-0.15, -0.1) is 0 Å². The fourth-order valence-electron chi connectivity index (χ4n) is 2.19. The first-order valence-electron chi connectivity index (χ1n) is 5.63. The molecule has 1 aliphatic heterocycles. The van der Waals surface area contributed by atoms with Crippen molar-refractivity contribution in [3.05, 3.63) is 12.0 Å². The third kappa shape index (κ3) is 1.33. The second-order valence-corrected chi connectivity index (χ2v) is 5.01. The maximum Gasteiger partial charge on any atom is 0.161 e. The molecular formula is C11H15N5O. The van der Waals surface area contributed by atoms with Crippen molar-refractivity contribution in [3.63, 3.8) is 0 Å². The summed E-state index contributed by atoms with van der Waals surface area (Å²) in [7, 11) is 0. The highest BCUT2D eigenvalue weighted by molar-refractivity contribution is 5.87. The highest BCUT2D eigenvalue weighted by Gasteiger charge is 2.46. The normalized spacial score (nSPS) is 22.8. The Morgan fingerprint density at radius 2 is 2.24 bits per heavy atom. The smallest absolute Gasteiger partial charge is 0.161 e. The molecule has 1 atom stereocenters. The fourth-order valence-corrected chi connectivity index (χ4v) is 2.19. The van der Waals surface area contributed by atoms with Gasteiger partial charge < -0.3 is 10.0 Å². The first-order valence-corrected chi connectivity index (χ1v) is 5.63. The molecule has 0 radical (unpaired) electrons. The first kappa shape index (κ1) is 10.5. The topological polar surface area (TPSA) is 77.9 Å². The largest absolute Gasteiger partial charge is 0.389 e. The third-order valence-electron chi connectivity index (χ3n) is 3.52. The van der Waals surface area contributed by atoms with E-state index in [2.05, 4.69) is 25.1 Å². The number of rotatable bonds is 1. The van der Waals surface area contributed by atoms with Crippen molar-refractivity contribution in [1.29, 1.82) is 0 Å². The van der Waals surface area contributed by atoms with Gasteiger partial charge in [0.05, 0.1) is 23.2 Å². The van der Waals surface area contributed by atoms with Crippen LogP contribution in [0.3, 0.4) is 0 Å². The van der Waals surface area contributed by atoms with E-state index in [9.17, 15) is 5.11 Å². The molecule has 1 unspecified atom stereocenters. The van der Waals surface area contributed by atoms with Gasteiger partial charge in [0.25, 0.3) is 0 Å². The number of fused-ring (bicyclic) bond motifs is 1. The van der Waals surface area contributed by atoms with Gasteiger partial charge in [-0.3, -0.25) is 5.10 Å². The molecule has 2 aromatic rings. The van der Waals surface area contributed by atoms with E-state index in [1.807, 2.05) is 20.8 Å². The minimum Gasteiger partial charge on any atom is -0.389 e. The first-order chi connectivity index (χ1) is 8.00. The Morgan fingerprint density at radius 1 is 1.47 bits per heavy atom. The Kier molecular flexibility index (Phi) is 1.95. The molecule has 6 heteroatoms. The number of aromatic nitrogens is 4. The zero-order chi connectivity index (χ0) is 12.2. The lowest BCUT2D eigenvalue weighted by Crippen LogP contribution is -2.68. The number of hydrogen-bond acceptors (Lipinski definition) is 5. The standard InChI is InChI=1S/C11H15N5O/c1-6-13-9-7(4-12-15-9)10(14-6)16-5-8(17)11(16,2)3/h4,8,17H,5H2,1-3H3,(H,12,13,14,15). The SMILES string of the molecule is Cc1nc(N2CC(O)C2(C)C)c2cn[nH]c2n1. The summed E-state index contributed by atoms with van der Waals surface area (Å²) in [5, 5.41) is 17.5. The minimum absolute atomic E-state index is 0.287. The summed E-state index contributed by atoms with van der Waals surface area (Å²) >= 11 is 0. The molecule has 6 nitrogen and oxygen atoms in total. The highest BCUT2D eigenvalue weighted by atomic mass is 16.3. The summed E-state index contributed by atoms with van der Waals surface area (Å²) in [6.45, 7) is 6.46. The third-order valence-corrected chi connectivity index (χ3v) is 3.52. The van der Waals surface area contributed by atoms with Crippen LogP contribution in [0.5, 0.6) is 0 Å². The van der Waals surface area contributed by atoms with Crippen molar-refractivity contribution < 1.29 is 5.11 Å². The highest BCUT2D eigenvalue weighted by Crippen LogP contribution is 2.37. The van der Waals surface area contributed by atoms with Gasteiger partial charge >= 0.3 is 0 Å². The number of anilines is 1. The summed E-state index contributed by atoms with van der Waals surface area (Å²) < 4.78 is 0. The lowest BCUT2D eigenvalue weighted by atomic mass is 9.85. The van der Waals surface area contributed by atoms with Gasteiger partial charge in [0, 0.05) is 6.54 Å². The quantitative estimate of drug-likeness (QED) is 0.755. The van der Waals surface area contributed by atoms with Gasteiger partial charge in [-0.05, 0) is 20.8 Å². The lowest BCUT2D eigenvalue weighted by molar-refractivity contribution is 0.0422. The molecule has 0 bridgehead atoms. The van der Waals surface area contributed by atoms with Crippen LogP contribution in [-0.4, -0.2) is 43.5 Å². The molecule has 90 valence electrons. The van der Waals surface area contributed by atoms with Crippen LogP contribution in [0, 0.1) is 6.92 Å². The van der Waals surface area contributed by atoms with Gasteiger partial charge in [0.2, 0.25) is 0 Å². The van der Waals surface area contributed by atoms with Gasteiger partial charge in [-0.1, -0.05) is 0 Å². The molecule has 17 heavy (non-hydrogen) atoms. The monoisotopic (exact) mass is 233 g/mol.